The van der Waals surface area contributed by atoms with Crippen molar-refractivity contribution in [3.63, 3.8) is 0 Å². The van der Waals surface area contributed by atoms with Crippen LogP contribution < -0.4 is 0 Å². The third kappa shape index (κ3) is 3.64. The highest BCUT2D eigenvalue weighted by molar-refractivity contribution is 7.72. The molecule has 0 saturated heterocycles. The van der Waals surface area contributed by atoms with Crippen molar-refractivity contribution in [3.8, 4) is 0 Å². The van der Waals surface area contributed by atoms with E-state index in [1.54, 1.807) is 0 Å². The molecular weight excluding hydrogens is 254 g/mol. The number of benzene rings is 1. The molecule has 0 amide bonds. The third-order valence-corrected chi connectivity index (χ3v) is 7.39. The topological polar surface area (TPSA) is 9.72 Å². The minimum absolute atomic E-state index is 1.25. The van der Waals surface area contributed by atoms with Gasteiger partial charge in [-0.05, 0) is 18.6 Å². The van der Waals surface area contributed by atoms with E-state index in [9.17, 15) is 0 Å². The van der Waals surface area contributed by atoms with Crippen LogP contribution in [0.3, 0.4) is 0 Å². The lowest BCUT2D eigenvalue weighted by atomic mass is 10.2. The van der Waals surface area contributed by atoms with Crippen LogP contribution in [0.1, 0.15) is 11.1 Å². The average Bonchev–Trinajstić information content (AvgIpc) is 2.30. The number of hydrogen-bond donors (Lipinski definition) is 0. The van der Waals surface area contributed by atoms with Crippen molar-refractivity contribution in [1.29, 1.82) is 0 Å². The summed E-state index contributed by atoms with van der Waals surface area (Å²) in [6, 6.07) is 8.64. The first-order valence-electron chi connectivity index (χ1n) is 6.48. The fourth-order valence-electron chi connectivity index (χ4n) is 2.34. The Bertz CT molecular complexity index is 400. The first-order chi connectivity index (χ1) is 8.80. The van der Waals surface area contributed by atoms with Gasteiger partial charge in [0.05, 0.1) is 0 Å². The van der Waals surface area contributed by atoms with Crippen molar-refractivity contribution in [2.45, 2.75) is 6.92 Å². The largest absolute Gasteiger partial charge is 0.253 e. The van der Waals surface area contributed by atoms with Gasteiger partial charge in [-0.1, -0.05) is 29.8 Å². The Morgan fingerprint density at radius 1 is 0.789 bits per heavy atom. The van der Waals surface area contributed by atoms with E-state index < -0.39 is 7.71 Å². The molecule has 0 unspecified atom stereocenters. The van der Waals surface area contributed by atoms with Crippen LogP contribution in [-0.2, 0) is 0 Å². The zero-order valence-electron chi connectivity index (χ0n) is 13.3. The van der Waals surface area contributed by atoms with Crippen molar-refractivity contribution >= 4 is 13.8 Å². The molecule has 0 radical (unpaired) electrons. The Hall–Kier alpha value is -0.730. The summed E-state index contributed by atoms with van der Waals surface area (Å²) < 4.78 is 6.95. The molecule has 0 aliphatic rings. The van der Waals surface area contributed by atoms with E-state index in [0.717, 1.165) is 0 Å². The molecule has 0 bridgehead atoms. The highest BCUT2D eigenvalue weighted by Crippen LogP contribution is 2.65. The van der Waals surface area contributed by atoms with Gasteiger partial charge in [0, 0.05) is 42.3 Å². The minimum Gasteiger partial charge on any atom is -0.151 e. The predicted octanol–water partition coefficient (Wildman–Crippen LogP) is 3.41. The maximum absolute atomic E-state index is 2.34. The van der Waals surface area contributed by atoms with Crippen LogP contribution in [0.5, 0.6) is 0 Å². The third-order valence-electron chi connectivity index (χ3n) is 3.31. The molecule has 0 N–H and O–H groups in total. The summed E-state index contributed by atoms with van der Waals surface area (Å²) >= 11 is 0. The minimum atomic E-state index is -1.57. The van der Waals surface area contributed by atoms with Crippen molar-refractivity contribution in [3.05, 3.63) is 41.2 Å². The maximum Gasteiger partial charge on any atom is 0.253 e. The van der Waals surface area contributed by atoms with Crippen LogP contribution in [-0.4, -0.2) is 56.3 Å². The fraction of sp³-hybridized carbons (Fsp3) is 0.467. The molecule has 4 heteroatoms. The summed E-state index contributed by atoms with van der Waals surface area (Å²) in [5.41, 5.74) is 2.55. The van der Waals surface area contributed by atoms with Gasteiger partial charge < -0.3 is 0 Å². The molecule has 1 aromatic carbocycles. The van der Waals surface area contributed by atoms with Gasteiger partial charge in [-0.15, -0.1) is 0 Å². The Kier molecular flexibility index (Phi) is 5.69. The Labute approximate surface area is 119 Å². The van der Waals surface area contributed by atoms with Crippen molar-refractivity contribution in [2.75, 3.05) is 42.3 Å². The van der Waals surface area contributed by atoms with Gasteiger partial charge in [-0.2, -0.15) is 14.0 Å². The van der Waals surface area contributed by atoms with Crippen molar-refractivity contribution in [1.82, 2.24) is 14.0 Å². The summed E-state index contributed by atoms with van der Waals surface area (Å²) in [5.74, 6) is 2.34. The van der Waals surface area contributed by atoms with E-state index in [1.165, 1.54) is 11.1 Å². The van der Waals surface area contributed by atoms with E-state index in [0.29, 0.717) is 0 Å². The van der Waals surface area contributed by atoms with E-state index >= 15 is 0 Å². The molecular formula is C15H27N3P+. The molecule has 19 heavy (non-hydrogen) atoms. The molecule has 1 aromatic rings. The molecule has 0 fully saturated rings. The lowest BCUT2D eigenvalue weighted by molar-refractivity contribution is 0.472. The second-order valence-electron chi connectivity index (χ2n) is 5.38. The van der Waals surface area contributed by atoms with Crippen LogP contribution in [0.15, 0.2) is 30.1 Å². The predicted molar refractivity (Wildman–Crippen MR) is 88.2 cm³/mol. The highest BCUT2D eigenvalue weighted by Gasteiger charge is 2.45. The fourth-order valence-corrected chi connectivity index (χ4v) is 5.66. The number of aryl methyl sites for hydroxylation is 1. The van der Waals surface area contributed by atoms with E-state index in [-0.39, 0.29) is 0 Å². The summed E-state index contributed by atoms with van der Waals surface area (Å²) in [6.07, 6.45) is 2.23. The van der Waals surface area contributed by atoms with Crippen LogP contribution in [0, 0.1) is 6.92 Å². The Morgan fingerprint density at radius 2 is 1.21 bits per heavy atom. The molecule has 106 valence electrons. The molecule has 3 nitrogen and oxygen atoms in total. The molecule has 0 aromatic heterocycles. The quantitative estimate of drug-likeness (QED) is 0.605. The molecule has 0 heterocycles. The monoisotopic (exact) mass is 281 g/mol. The Balaban J connectivity index is 3.10. The summed E-state index contributed by atoms with van der Waals surface area (Å²) in [4.78, 5) is 0. The average molecular weight is 281 g/mol. The van der Waals surface area contributed by atoms with E-state index in [2.05, 4.69) is 99.4 Å². The summed E-state index contributed by atoms with van der Waals surface area (Å²) in [6.45, 7) is 2.12. The van der Waals surface area contributed by atoms with Crippen molar-refractivity contribution < 1.29 is 0 Å². The van der Waals surface area contributed by atoms with E-state index in [1.807, 2.05) is 0 Å². The van der Waals surface area contributed by atoms with Gasteiger partial charge in [-0.25, -0.2) is 0 Å². The SMILES string of the molecule is Cc1ccc(/C=[13CH]/[P+](N(C)C)(N(C)C)N(C)C)cc1. The lowest BCUT2D eigenvalue weighted by Crippen LogP contribution is -2.34. The first kappa shape index (κ1) is 16.3. The Morgan fingerprint density at radius 3 is 1.58 bits per heavy atom. The van der Waals surface area contributed by atoms with Crippen molar-refractivity contribution in [2.24, 2.45) is 0 Å². The molecule has 0 saturated carbocycles. The number of rotatable bonds is 5. The highest BCUT2D eigenvalue weighted by atomic mass is 31.2. The molecule has 0 aliphatic carbocycles. The van der Waals surface area contributed by atoms with Gasteiger partial charge in [0.2, 0.25) is 0 Å². The number of nitrogens with zero attached hydrogens (tertiary/aromatic N) is 3. The summed E-state index contributed by atoms with van der Waals surface area (Å²) in [7, 11) is 11.3. The second kappa shape index (κ2) is 6.62. The molecule has 1 rings (SSSR count). The van der Waals surface area contributed by atoms with Gasteiger partial charge in [-0.3, -0.25) is 0 Å². The van der Waals surface area contributed by atoms with Crippen LogP contribution in [0.25, 0.3) is 6.08 Å². The number of hydrogen-bond acceptors (Lipinski definition) is 3. The van der Waals surface area contributed by atoms with Gasteiger partial charge in [0.25, 0.3) is 7.71 Å². The van der Waals surface area contributed by atoms with Gasteiger partial charge >= 0.3 is 0 Å². The lowest BCUT2D eigenvalue weighted by Gasteiger charge is -2.37. The van der Waals surface area contributed by atoms with Crippen LogP contribution >= 0.6 is 7.71 Å². The smallest absolute Gasteiger partial charge is 0.151 e. The van der Waals surface area contributed by atoms with Gasteiger partial charge in [0.15, 0.2) is 0 Å². The normalized spacial score (nSPS) is 13.2. The standard InChI is InChI=1S/C15H27N3P/c1-14-8-10-15(11-9-14)12-13-19(16(2)3,17(4)5)18(6)7/h8-13H,1-7H3/q+1/b13-12+/i13+1. The van der Waals surface area contributed by atoms with Gasteiger partial charge in [0.1, 0.15) is 5.82 Å². The maximum atomic E-state index is 2.34. The van der Waals surface area contributed by atoms with Crippen LogP contribution in [0.4, 0.5) is 0 Å². The first-order valence-corrected chi connectivity index (χ1v) is 8.20. The van der Waals surface area contributed by atoms with Crippen LogP contribution in [0.2, 0.25) is 0 Å². The van der Waals surface area contributed by atoms with E-state index in [4.69, 9.17) is 0 Å². The zero-order valence-corrected chi connectivity index (χ0v) is 14.1. The summed E-state index contributed by atoms with van der Waals surface area (Å²) in [5, 5.41) is 0. The zero-order chi connectivity index (χ0) is 14.6. The molecule has 0 spiro atoms. The second-order valence-corrected chi connectivity index (χ2v) is 9.31. The molecule has 0 aliphatic heterocycles. The molecule has 0 atom stereocenters.